The highest BCUT2D eigenvalue weighted by Gasteiger charge is 2.26. The second kappa shape index (κ2) is 9.32. The number of piperidine rings is 1. The minimum Gasteiger partial charge on any atom is -0.464 e. The van der Waals surface area contributed by atoms with Crippen LogP contribution in [0, 0.1) is 0 Å². The van der Waals surface area contributed by atoms with Gasteiger partial charge in [-0.2, -0.15) is 0 Å². The number of nitrogens with zero attached hydrogens (tertiary/aromatic N) is 2. The Balaban J connectivity index is 1.21. The molecule has 3 aromatic rings. The highest BCUT2D eigenvalue weighted by molar-refractivity contribution is 9.10. The van der Waals surface area contributed by atoms with Crippen LogP contribution >= 0.6 is 27.3 Å². The smallest absolute Gasteiger partial charge is 0.219 e. The summed E-state index contributed by atoms with van der Waals surface area (Å²) in [7, 11) is 0. The van der Waals surface area contributed by atoms with Crippen LogP contribution in [0.15, 0.2) is 33.4 Å². The summed E-state index contributed by atoms with van der Waals surface area (Å²) in [5.74, 6) is 0.781. The van der Waals surface area contributed by atoms with Crippen molar-refractivity contribution in [1.29, 1.82) is 0 Å². The largest absolute Gasteiger partial charge is 0.464 e. The predicted octanol–water partition coefficient (Wildman–Crippen LogP) is 6.15. The van der Waals surface area contributed by atoms with Crippen molar-refractivity contribution in [2.75, 3.05) is 26.2 Å². The predicted molar refractivity (Wildman–Crippen MR) is 135 cm³/mol. The van der Waals surface area contributed by atoms with Gasteiger partial charge in [0.25, 0.3) is 0 Å². The number of carbonyl (C=O) groups is 1. The number of furan rings is 1. The molecule has 4 nitrogen and oxygen atoms in total. The fraction of sp³-hybridized carbons (Fsp3) is 0.500. The number of hydrogen-bond acceptors (Lipinski definition) is 4. The molecule has 0 saturated carbocycles. The summed E-state index contributed by atoms with van der Waals surface area (Å²) in [6.07, 6.45) is 7.62. The minimum atomic E-state index is 0.198. The lowest BCUT2D eigenvalue weighted by molar-refractivity contribution is -0.129. The molecule has 6 heteroatoms. The quantitative estimate of drug-likeness (QED) is 0.409. The monoisotopic (exact) mass is 514 g/mol. The molecule has 0 spiro atoms. The summed E-state index contributed by atoms with van der Waals surface area (Å²) >= 11 is 5.56. The van der Waals surface area contributed by atoms with Gasteiger partial charge in [0.1, 0.15) is 5.58 Å². The molecule has 1 saturated heterocycles. The molecule has 5 rings (SSSR count). The van der Waals surface area contributed by atoms with Crippen LogP contribution in [0.25, 0.3) is 11.0 Å². The highest BCUT2D eigenvalue weighted by Crippen LogP contribution is 2.37. The molecule has 0 radical (unpaired) electrons. The summed E-state index contributed by atoms with van der Waals surface area (Å²) in [5.41, 5.74) is 5.47. The van der Waals surface area contributed by atoms with E-state index in [1.807, 2.05) is 28.6 Å². The zero-order valence-electron chi connectivity index (χ0n) is 19.0. The summed E-state index contributed by atoms with van der Waals surface area (Å²) in [5, 5.41) is 1.26. The number of rotatable bonds is 5. The first kappa shape index (κ1) is 22.2. The molecule has 2 aromatic heterocycles. The lowest BCUT2D eigenvalue weighted by atomic mass is 9.89. The van der Waals surface area contributed by atoms with E-state index in [9.17, 15) is 4.79 Å². The maximum atomic E-state index is 11.8. The molecule has 170 valence electrons. The fourth-order valence-electron chi connectivity index (χ4n) is 5.47. The van der Waals surface area contributed by atoms with Crippen LogP contribution in [-0.4, -0.2) is 41.9 Å². The molecule has 1 fully saturated rings. The van der Waals surface area contributed by atoms with Crippen molar-refractivity contribution < 1.29 is 9.21 Å². The third-order valence-electron chi connectivity index (χ3n) is 7.30. The van der Waals surface area contributed by atoms with E-state index in [0.29, 0.717) is 5.92 Å². The van der Waals surface area contributed by atoms with Gasteiger partial charge in [0.2, 0.25) is 5.91 Å². The van der Waals surface area contributed by atoms with Gasteiger partial charge in [-0.1, -0.05) is 22.9 Å². The molecule has 0 bridgehead atoms. The number of benzene rings is 1. The van der Waals surface area contributed by atoms with Crippen LogP contribution in [-0.2, 0) is 30.6 Å². The molecular formula is C26H31BrN2O2S. The Morgan fingerprint density at radius 2 is 2.06 bits per heavy atom. The summed E-state index contributed by atoms with van der Waals surface area (Å²) in [4.78, 5) is 19.4. The molecule has 0 atom stereocenters. The SMILES string of the molecule is CCc1c(CCN2CCC(c3coc4ccc(Br)cc34)CC2)sc2c1CCN(C(C)=O)C2. The summed E-state index contributed by atoms with van der Waals surface area (Å²) in [6.45, 7) is 9.08. The number of hydrogen-bond donors (Lipinski definition) is 0. The first-order chi connectivity index (χ1) is 15.5. The summed E-state index contributed by atoms with van der Waals surface area (Å²) in [6, 6.07) is 6.29. The Labute approximate surface area is 202 Å². The maximum Gasteiger partial charge on any atom is 0.219 e. The van der Waals surface area contributed by atoms with E-state index in [1.165, 1.54) is 28.7 Å². The third kappa shape index (κ3) is 4.29. The van der Waals surface area contributed by atoms with Crippen molar-refractivity contribution in [2.24, 2.45) is 0 Å². The van der Waals surface area contributed by atoms with Gasteiger partial charge in [0.05, 0.1) is 12.8 Å². The minimum absolute atomic E-state index is 0.198. The van der Waals surface area contributed by atoms with Crippen LogP contribution < -0.4 is 0 Å². The molecule has 1 amide bonds. The number of likely N-dealkylation sites (tertiary alicyclic amines) is 1. The van der Waals surface area contributed by atoms with E-state index < -0.39 is 0 Å². The number of amides is 1. The Morgan fingerprint density at radius 1 is 1.25 bits per heavy atom. The van der Waals surface area contributed by atoms with E-state index >= 15 is 0 Å². The zero-order chi connectivity index (χ0) is 22.2. The topological polar surface area (TPSA) is 36.7 Å². The van der Waals surface area contributed by atoms with Crippen LogP contribution in [0.5, 0.6) is 0 Å². The van der Waals surface area contributed by atoms with E-state index in [0.717, 1.165) is 62.0 Å². The van der Waals surface area contributed by atoms with Crippen LogP contribution in [0.1, 0.15) is 59.1 Å². The average Bonchev–Trinajstić information content (AvgIpc) is 3.37. The molecule has 0 unspecified atom stereocenters. The summed E-state index contributed by atoms with van der Waals surface area (Å²) < 4.78 is 6.93. The average molecular weight is 516 g/mol. The van der Waals surface area contributed by atoms with Crippen molar-refractivity contribution in [3.05, 3.63) is 55.4 Å². The molecule has 0 N–H and O–H groups in total. The second-order valence-electron chi connectivity index (χ2n) is 9.15. The van der Waals surface area contributed by atoms with Crippen molar-refractivity contribution in [3.8, 4) is 0 Å². The number of carbonyl (C=O) groups excluding carboxylic acids is 1. The lowest BCUT2D eigenvalue weighted by Gasteiger charge is -2.31. The van der Waals surface area contributed by atoms with Crippen LogP contribution in [0.4, 0.5) is 0 Å². The molecule has 0 aliphatic carbocycles. The molecule has 1 aromatic carbocycles. The van der Waals surface area contributed by atoms with Gasteiger partial charge in [-0.15, -0.1) is 11.3 Å². The Morgan fingerprint density at radius 3 is 2.81 bits per heavy atom. The van der Waals surface area contributed by atoms with E-state index in [-0.39, 0.29) is 5.91 Å². The van der Waals surface area contributed by atoms with Crippen LogP contribution in [0.2, 0.25) is 0 Å². The van der Waals surface area contributed by atoms with E-state index in [4.69, 9.17) is 4.42 Å². The Hall–Kier alpha value is -1.63. The Kier molecular flexibility index (Phi) is 6.46. The zero-order valence-corrected chi connectivity index (χ0v) is 21.4. The first-order valence-corrected chi connectivity index (χ1v) is 13.4. The molecule has 4 heterocycles. The van der Waals surface area contributed by atoms with Crippen molar-refractivity contribution in [1.82, 2.24) is 9.80 Å². The van der Waals surface area contributed by atoms with Gasteiger partial charge < -0.3 is 14.2 Å². The van der Waals surface area contributed by atoms with Crippen LogP contribution in [0.3, 0.4) is 0 Å². The van der Waals surface area contributed by atoms with Gasteiger partial charge in [-0.25, -0.2) is 0 Å². The highest BCUT2D eigenvalue weighted by atomic mass is 79.9. The fourth-order valence-corrected chi connectivity index (χ4v) is 7.28. The lowest BCUT2D eigenvalue weighted by Crippen LogP contribution is -2.34. The number of fused-ring (bicyclic) bond motifs is 2. The normalized spacial score (nSPS) is 17.8. The first-order valence-electron chi connectivity index (χ1n) is 11.8. The van der Waals surface area contributed by atoms with Gasteiger partial charge in [0, 0.05) is 45.2 Å². The van der Waals surface area contributed by atoms with Gasteiger partial charge in [-0.05, 0) is 80.4 Å². The third-order valence-corrected chi connectivity index (χ3v) is 9.11. The molecular weight excluding hydrogens is 484 g/mol. The number of thiophene rings is 1. The molecule has 2 aliphatic heterocycles. The van der Waals surface area contributed by atoms with Gasteiger partial charge >= 0.3 is 0 Å². The van der Waals surface area contributed by atoms with Gasteiger partial charge in [-0.3, -0.25) is 4.79 Å². The van der Waals surface area contributed by atoms with E-state index in [2.05, 4.69) is 39.9 Å². The molecule has 32 heavy (non-hydrogen) atoms. The van der Waals surface area contributed by atoms with Crippen molar-refractivity contribution in [3.63, 3.8) is 0 Å². The van der Waals surface area contributed by atoms with Crippen molar-refractivity contribution >= 4 is 44.1 Å². The standard InChI is InChI=1S/C26H31BrN2O2S/c1-3-20-21-8-13-29(17(2)30)15-26(21)32-25(20)9-12-28-10-6-18(7-11-28)23-16-31-24-5-4-19(27)14-22(23)24/h4-5,14,16,18H,3,6-13,15H2,1-2H3. The van der Waals surface area contributed by atoms with E-state index in [1.54, 1.807) is 22.9 Å². The Bertz CT molecular complexity index is 1130. The van der Waals surface area contributed by atoms with Crippen molar-refractivity contribution in [2.45, 2.75) is 58.4 Å². The number of halogens is 1. The second-order valence-corrected chi connectivity index (χ2v) is 11.3. The molecule has 2 aliphatic rings. The maximum absolute atomic E-state index is 11.8. The van der Waals surface area contributed by atoms with Gasteiger partial charge in [0.15, 0.2) is 0 Å².